The second kappa shape index (κ2) is 7.53. The van der Waals surface area contributed by atoms with Gasteiger partial charge in [0, 0.05) is 41.9 Å². The zero-order valence-electron chi connectivity index (χ0n) is 12.1. The fraction of sp³-hybridized carbons (Fsp3) is 0.333. The second-order valence-electron chi connectivity index (χ2n) is 5.36. The van der Waals surface area contributed by atoms with E-state index in [1.54, 1.807) is 12.3 Å². The predicted octanol–water partition coefficient (Wildman–Crippen LogP) is 4.57. The van der Waals surface area contributed by atoms with E-state index in [1.165, 1.54) is 0 Å². The second-order valence-corrected chi connectivity index (χ2v) is 7.39. The molecule has 8 heteroatoms. The molecule has 3 rings (SSSR count). The van der Waals surface area contributed by atoms with Crippen LogP contribution in [-0.2, 0) is 6.54 Å². The lowest BCUT2D eigenvalue weighted by Crippen LogP contribution is -2.32. The van der Waals surface area contributed by atoms with E-state index in [2.05, 4.69) is 36.1 Å². The summed E-state index contributed by atoms with van der Waals surface area (Å²) in [5.41, 5.74) is 1.04. The van der Waals surface area contributed by atoms with Crippen molar-refractivity contribution in [2.75, 3.05) is 18.0 Å². The maximum absolute atomic E-state index is 6.21. The van der Waals surface area contributed by atoms with E-state index in [1.807, 2.05) is 12.1 Å². The van der Waals surface area contributed by atoms with E-state index in [0.717, 1.165) is 35.4 Å². The topological polar surface area (TPSA) is 41.0 Å². The van der Waals surface area contributed by atoms with Crippen LogP contribution in [0.15, 0.2) is 28.9 Å². The third kappa shape index (κ3) is 4.28. The summed E-state index contributed by atoms with van der Waals surface area (Å²) < 4.78 is 0.850. The summed E-state index contributed by atoms with van der Waals surface area (Å²) in [6, 6.07) is 5.93. The molecule has 1 aliphatic heterocycles. The van der Waals surface area contributed by atoms with E-state index in [0.29, 0.717) is 22.6 Å². The van der Waals surface area contributed by atoms with Crippen LogP contribution in [0.1, 0.15) is 12.0 Å². The molecule has 23 heavy (non-hydrogen) atoms. The lowest BCUT2D eigenvalue weighted by Gasteiger charge is -2.19. The van der Waals surface area contributed by atoms with Crippen LogP contribution in [0, 0.1) is 0 Å². The Kier molecular flexibility index (Phi) is 5.65. The number of benzene rings is 1. The van der Waals surface area contributed by atoms with Crippen molar-refractivity contribution >= 4 is 56.6 Å². The molecule has 0 amide bonds. The zero-order chi connectivity index (χ0) is 16.4. The van der Waals surface area contributed by atoms with Crippen molar-refractivity contribution in [3.63, 3.8) is 0 Å². The molecule has 1 aromatic carbocycles. The standard InChI is InChI=1S/C15H14BrCl3N4/c16-12-7-21-15(19)22-14(12)23-4-3-11(8-23)20-6-9-1-2-10(17)5-13(9)18/h1-2,5,7,11,20H,3-4,6,8H2/t11-/m0/s1. The van der Waals surface area contributed by atoms with Gasteiger partial charge in [-0.25, -0.2) is 4.98 Å². The van der Waals surface area contributed by atoms with Crippen molar-refractivity contribution in [1.82, 2.24) is 15.3 Å². The molecular weight excluding hydrogens is 422 g/mol. The monoisotopic (exact) mass is 434 g/mol. The summed E-state index contributed by atoms with van der Waals surface area (Å²) in [5.74, 6) is 0.832. The van der Waals surface area contributed by atoms with Gasteiger partial charge >= 0.3 is 0 Å². The van der Waals surface area contributed by atoms with Crippen LogP contribution >= 0.6 is 50.7 Å². The molecule has 1 fully saturated rings. The van der Waals surface area contributed by atoms with Crippen molar-refractivity contribution < 1.29 is 0 Å². The van der Waals surface area contributed by atoms with E-state index in [4.69, 9.17) is 34.8 Å². The maximum atomic E-state index is 6.21. The molecule has 0 bridgehead atoms. The maximum Gasteiger partial charge on any atom is 0.224 e. The lowest BCUT2D eigenvalue weighted by molar-refractivity contribution is 0.551. The summed E-state index contributed by atoms with van der Waals surface area (Å²) in [5, 5.41) is 5.12. The highest BCUT2D eigenvalue weighted by Gasteiger charge is 2.25. The molecule has 1 saturated heterocycles. The van der Waals surface area contributed by atoms with Crippen LogP contribution in [0.4, 0.5) is 5.82 Å². The summed E-state index contributed by atoms with van der Waals surface area (Å²) >= 11 is 21.5. The van der Waals surface area contributed by atoms with Crippen molar-refractivity contribution in [2.24, 2.45) is 0 Å². The zero-order valence-corrected chi connectivity index (χ0v) is 15.9. The first-order valence-corrected chi connectivity index (χ1v) is 9.06. The number of nitrogens with one attached hydrogen (secondary N) is 1. The van der Waals surface area contributed by atoms with E-state index in [9.17, 15) is 0 Å². The summed E-state index contributed by atoms with van der Waals surface area (Å²) in [6.07, 6.45) is 2.71. The number of nitrogens with zero attached hydrogens (tertiary/aromatic N) is 3. The van der Waals surface area contributed by atoms with Gasteiger partial charge in [-0.15, -0.1) is 0 Å². The van der Waals surface area contributed by atoms with Gasteiger partial charge in [0.25, 0.3) is 0 Å². The van der Waals surface area contributed by atoms with Gasteiger partial charge in [0.1, 0.15) is 5.82 Å². The summed E-state index contributed by atoms with van der Waals surface area (Å²) in [4.78, 5) is 10.5. The van der Waals surface area contributed by atoms with Gasteiger partial charge in [-0.3, -0.25) is 0 Å². The number of halogens is 4. The molecule has 1 aliphatic rings. The third-order valence-electron chi connectivity index (χ3n) is 3.78. The fourth-order valence-electron chi connectivity index (χ4n) is 2.60. The first-order chi connectivity index (χ1) is 11.0. The van der Waals surface area contributed by atoms with Crippen molar-refractivity contribution in [2.45, 2.75) is 19.0 Å². The van der Waals surface area contributed by atoms with Crippen LogP contribution < -0.4 is 10.2 Å². The minimum absolute atomic E-state index is 0.257. The van der Waals surface area contributed by atoms with E-state index >= 15 is 0 Å². The number of aromatic nitrogens is 2. The van der Waals surface area contributed by atoms with Crippen LogP contribution in [0.3, 0.4) is 0 Å². The third-order valence-corrected chi connectivity index (χ3v) is 5.11. The van der Waals surface area contributed by atoms with Crippen LogP contribution in [0.25, 0.3) is 0 Å². The van der Waals surface area contributed by atoms with E-state index < -0.39 is 0 Å². The Morgan fingerprint density at radius 1 is 1.30 bits per heavy atom. The Morgan fingerprint density at radius 2 is 2.13 bits per heavy atom. The highest BCUT2D eigenvalue weighted by molar-refractivity contribution is 9.10. The first kappa shape index (κ1) is 17.2. The summed E-state index contributed by atoms with van der Waals surface area (Å²) in [7, 11) is 0. The van der Waals surface area contributed by atoms with Gasteiger partial charge in [-0.05, 0) is 51.6 Å². The molecule has 4 nitrogen and oxygen atoms in total. The molecule has 2 heterocycles. The average molecular weight is 437 g/mol. The summed E-state index contributed by atoms with van der Waals surface area (Å²) in [6.45, 7) is 2.48. The first-order valence-electron chi connectivity index (χ1n) is 7.13. The van der Waals surface area contributed by atoms with Crippen LogP contribution in [0.2, 0.25) is 15.3 Å². The van der Waals surface area contributed by atoms with Gasteiger partial charge in [-0.2, -0.15) is 4.98 Å². The Balaban J connectivity index is 1.61. The van der Waals surface area contributed by atoms with Gasteiger partial charge in [0.15, 0.2) is 0 Å². The predicted molar refractivity (Wildman–Crippen MR) is 98.7 cm³/mol. The van der Waals surface area contributed by atoms with Crippen molar-refractivity contribution in [3.05, 3.63) is 49.8 Å². The van der Waals surface area contributed by atoms with Gasteiger partial charge in [0.2, 0.25) is 5.28 Å². The highest BCUT2D eigenvalue weighted by atomic mass is 79.9. The number of hydrogen-bond donors (Lipinski definition) is 1. The SMILES string of the molecule is Clc1ccc(CN[C@H]2CCN(c3nc(Cl)ncc3Br)C2)c(Cl)c1. The van der Waals surface area contributed by atoms with Gasteiger partial charge in [0.05, 0.1) is 4.47 Å². The Bertz CT molecular complexity index is 713. The molecule has 122 valence electrons. The smallest absolute Gasteiger partial charge is 0.224 e. The lowest BCUT2D eigenvalue weighted by atomic mass is 10.2. The molecular formula is C15H14BrCl3N4. The van der Waals surface area contributed by atoms with Crippen molar-refractivity contribution in [1.29, 1.82) is 0 Å². The fourth-order valence-corrected chi connectivity index (χ4v) is 3.64. The van der Waals surface area contributed by atoms with Crippen LogP contribution in [-0.4, -0.2) is 29.1 Å². The van der Waals surface area contributed by atoms with Gasteiger partial charge < -0.3 is 10.2 Å². The Morgan fingerprint density at radius 3 is 2.91 bits per heavy atom. The minimum Gasteiger partial charge on any atom is -0.354 e. The molecule has 1 atom stereocenters. The highest BCUT2D eigenvalue weighted by Crippen LogP contribution is 2.27. The molecule has 1 N–H and O–H groups in total. The molecule has 1 aromatic heterocycles. The van der Waals surface area contributed by atoms with Crippen molar-refractivity contribution in [3.8, 4) is 0 Å². The molecule has 0 radical (unpaired) electrons. The largest absolute Gasteiger partial charge is 0.354 e. The van der Waals surface area contributed by atoms with Crippen LogP contribution in [0.5, 0.6) is 0 Å². The average Bonchev–Trinajstić information content (AvgIpc) is 2.97. The van der Waals surface area contributed by atoms with E-state index in [-0.39, 0.29) is 5.28 Å². The number of rotatable bonds is 4. The van der Waals surface area contributed by atoms with Gasteiger partial charge in [-0.1, -0.05) is 29.3 Å². The molecule has 2 aromatic rings. The Hall–Kier alpha value is -0.590. The molecule has 0 unspecified atom stereocenters. The molecule has 0 aliphatic carbocycles. The quantitative estimate of drug-likeness (QED) is 0.713. The normalized spacial score (nSPS) is 17.7. The molecule has 0 saturated carbocycles. The molecule has 0 spiro atoms. The minimum atomic E-state index is 0.257. The number of anilines is 1. The Labute approximate surface area is 158 Å². The number of hydrogen-bond acceptors (Lipinski definition) is 4.